The van der Waals surface area contributed by atoms with Crippen molar-refractivity contribution in [2.75, 3.05) is 24.1 Å². The van der Waals surface area contributed by atoms with Crippen LogP contribution in [0.4, 0.5) is 10.3 Å². The van der Waals surface area contributed by atoms with Crippen molar-refractivity contribution in [3.8, 4) is 56.3 Å². The van der Waals surface area contributed by atoms with E-state index >= 15 is 0 Å². The van der Waals surface area contributed by atoms with Gasteiger partial charge < -0.3 is 9.47 Å². The highest BCUT2D eigenvalue weighted by Crippen LogP contribution is 2.29. The molecule has 0 saturated heterocycles. The van der Waals surface area contributed by atoms with E-state index in [9.17, 15) is 0 Å². The van der Waals surface area contributed by atoms with E-state index in [0.717, 1.165) is 55.4 Å². The fourth-order valence-electron chi connectivity index (χ4n) is 5.89. The number of nitrogens with zero attached hydrogens (tertiary/aromatic N) is 4. The summed E-state index contributed by atoms with van der Waals surface area (Å²) in [6.45, 7) is 0.868. The number of thiazole rings is 2. The normalized spacial score (nSPS) is 11.4. The molecule has 8 nitrogen and oxygen atoms in total. The Hall–Kier alpha value is -7.14. The second-order valence-corrected chi connectivity index (χ2v) is 14.7. The summed E-state index contributed by atoms with van der Waals surface area (Å²) in [6, 6.07) is 53.1. The van der Waals surface area contributed by atoms with Crippen molar-refractivity contribution >= 4 is 45.4 Å². The molecule has 0 aliphatic rings. The number of anilines is 2. The summed E-state index contributed by atoms with van der Waals surface area (Å²) in [4.78, 5) is 9.37. The number of hydrazone groups is 2. The van der Waals surface area contributed by atoms with Crippen molar-refractivity contribution in [1.82, 2.24) is 9.97 Å². The van der Waals surface area contributed by atoms with E-state index in [1.54, 1.807) is 12.4 Å². The van der Waals surface area contributed by atoms with Gasteiger partial charge in [-0.05, 0) is 94.1 Å². The SMILES string of the molecule is C(=C\COc1ccc(/C=N/Nc2nc(-c3ccc(-c4ccccc4)cc3)cs2)cc1)/COc1ccc(/C=N/Nc2nc(-c3ccc(-c4ccccc4)cc3)cs2)cc1. The molecule has 10 heteroatoms. The Labute approximate surface area is 345 Å². The Morgan fingerprint density at radius 3 is 1.19 bits per heavy atom. The zero-order valence-electron chi connectivity index (χ0n) is 31.3. The molecule has 0 saturated carbocycles. The van der Waals surface area contributed by atoms with Crippen LogP contribution >= 0.6 is 22.7 Å². The molecular weight excluding hydrogens is 757 g/mol. The van der Waals surface area contributed by atoms with Gasteiger partial charge in [0.2, 0.25) is 10.3 Å². The molecule has 0 aliphatic carbocycles. The number of aromatic nitrogens is 2. The maximum Gasteiger partial charge on any atom is 0.203 e. The van der Waals surface area contributed by atoms with Crippen LogP contribution < -0.4 is 20.3 Å². The predicted molar refractivity (Wildman–Crippen MR) is 241 cm³/mol. The van der Waals surface area contributed by atoms with Crippen LogP contribution in [0.25, 0.3) is 44.8 Å². The molecule has 8 aromatic rings. The minimum atomic E-state index is 0.434. The van der Waals surface area contributed by atoms with Gasteiger partial charge in [0, 0.05) is 21.9 Å². The van der Waals surface area contributed by atoms with E-state index in [4.69, 9.17) is 9.47 Å². The fourth-order valence-corrected chi connectivity index (χ4v) is 7.23. The molecular formula is C48H38N6O2S2. The van der Waals surface area contributed by atoms with E-state index in [-0.39, 0.29) is 0 Å². The van der Waals surface area contributed by atoms with E-state index in [0.29, 0.717) is 13.2 Å². The number of hydrogen-bond donors (Lipinski definition) is 2. The minimum Gasteiger partial charge on any atom is -0.490 e. The first-order valence-corrected chi connectivity index (χ1v) is 20.4. The molecule has 0 fully saturated rings. The van der Waals surface area contributed by atoms with E-state index in [2.05, 4.69) is 104 Å². The summed E-state index contributed by atoms with van der Waals surface area (Å²) >= 11 is 3.04. The lowest BCUT2D eigenvalue weighted by Crippen LogP contribution is -1.97. The minimum absolute atomic E-state index is 0.434. The summed E-state index contributed by atoms with van der Waals surface area (Å²) in [5, 5.41) is 14.3. The van der Waals surface area contributed by atoms with Gasteiger partial charge in [-0.25, -0.2) is 9.97 Å². The van der Waals surface area contributed by atoms with Crippen LogP contribution in [0.1, 0.15) is 11.1 Å². The number of rotatable bonds is 16. The molecule has 0 spiro atoms. The van der Waals surface area contributed by atoms with Crippen LogP contribution in [0.15, 0.2) is 191 Å². The zero-order chi connectivity index (χ0) is 39.2. The summed E-state index contributed by atoms with van der Waals surface area (Å²) in [5.41, 5.74) is 16.7. The van der Waals surface area contributed by atoms with Gasteiger partial charge in [-0.15, -0.1) is 22.7 Å². The Balaban J connectivity index is 0.717. The molecule has 2 N–H and O–H groups in total. The third kappa shape index (κ3) is 10.4. The highest BCUT2D eigenvalue weighted by atomic mass is 32.1. The maximum atomic E-state index is 5.86. The van der Waals surface area contributed by atoms with Gasteiger partial charge in [-0.1, -0.05) is 109 Å². The molecule has 0 amide bonds. The van der Waals surface area contributed by atoms with Gasteiger partial charge in [-0.3, -0.25) is 10.9 Å². The molecule has 2 heterocycles. The maximum absolute atomic E-state index is 5.86. The van der Waals surface area contributed by atoms with Crippen molar-refractivity contribution in [1.29, 1.82) is 0 Å². The third-order valence-electron chi connectivity index (χ3n) is 8.95. The molecule has 0 unspecified atom stereocenters. The van der Waals surface area contributed by atoms with Gasteiger partial charge in [-0.2, -0.15) is 10.2 Å². The Morgan fingerprint density at radius 1 is 0.431 bits per heavy atom. The molecule has 0 aliphatic heterocycles. The Morgan fingerprint density at radius 2 is 0.793 bits per heavy atom. The highest BCUT2D eigenvalue weighted by Gasteiger charge is 2.07. The highest BCUT2D eigenvalue weighted by molar-refractivity contribution is 7.14. The lowest BCUT2D eigenvalue weighted by atomic mass is 10.0. The van der Waals surface area contributed by atoms with Gasteiger partial charge >= 0.3 is 0 Å². The van der Waals surface area contributed by atoms with Crippen LogP contribution in [-0.2, 0) is 0 Å². The van der Waals surface area contributed by atoms with E-state index in [1.807, 2.05) is 108 Å². The first-order valence-electron chi connectivity index (χ1n) is 18.6. The van der Waals surface area contributed by atoms with Crippen LogP contribution in [0.2, 0.25) is 0 Å². The molecule has 58 heavy (non-hydrogen) atoms. The lowest BCUT2D eigenvalue weighted by molar-refractivity contribution is 0.350. The lowest BCUT2D eigenvalue weighted by Gasteiger charge is -2.04. The summed E-state index contributed by atoms with van der Waals surface area (Å²) in [5.74, 6) is 1.55. The van der Waals surface area contributed by atoms with Gasteiger partial charge in [0.1, 0.15) is 24.7 Å². The summed E-state index contributed by atoms with van der Waals surface area (Å²) in [7, 11) is 0. The molecule has 2 aromatic heterocycles. The van der Waals surface area contributed by atoms with E-state index in [1.165, 1.54) is 44.9 Å². The summed E-state index contributed by atoms with van der Waals surface area (Å²) < 4.78 is 11.7. The van der Waals surface area contributed by atoms with Crippen molar-refractivity contribution < 1.29 is 9.47 Å². The Kier molecular flexibility index (Phi) is 12.5. The topological polar surface area (TPSA) is 93.0 Å². The molecule has 0 radical (unpaired) electrons. The second-order valence-electron chi connectivity index (χ2n) is 12.9. The quantitative estimate of drug-likeness (QED) is 0.0575. The van der Waals surface area contributed by atoms with Crippen LogP contribution in [-0.4, -0.2) is 35.6 Å². The van der Waals surface area contributed by atoms with E-state index < -0.39 is 0 Å². The standard InChI is InChI=1S/C48H38N6O2S2/c1-3-9-37(10-4-1)39-17-21-41(22-18-39)45-33-57-47(51-45)53-49-31-35-13-25-43(26-14-35)55-29-7-8-30-56-44-27-15-36(16-28-44)32-50-54-48-52-46(34-58-48)42-23-19-40(20-24-42)38-11-5-2-6-12-38/h1-28,31-34H,29-30H2,(H,51,53)(H,52,54)/b8-7+,49-31+,50-32+. The monoisotopic (exact) mass is 794 g/mol. The van der Waals surface area contributed by atoms with Gasteiger partial charge in [0.25, 0.3) is 0 Å². The molecule has 0 bridgehead atoms. The van der Waals surface area contributed by atoms with Crippen molar-refractivity contribution in [3.63, 3.8) is 0 Å². The van der Waals surface area contributed by atoms with Crippen molar-refractivity contribution in [2.24, 2.45) is 10.2 Å². The predicted octanol–water partition coefficient (Wildman–Crippen LogP) is 12.2. The van der Waals surface area contributed by atoms with Crippen LogP contribution in [0.3, 0.4) is 0 Å². The molecule has 284 valence electrons. The van der Waals surface area contributed by atoms with Crippen molar-refractivity contribution in [3.05, 3.63) is 192 Å². The molecule has 0 atom stereocenters. The molecule has 6 aromatic carbocycles. The largest absolute Gasteiger partial charge is 0.490 e. The fraction of sp³-hybridized carbons (Fsp3) is 0.0417. The van der Waals surface area contributed by atoms with Crippen LogP contribution in [0, 0.1) is 0 Å². The average molecular weight is 795 g/mol. The third-order valence-corrected chi connectivity index (χ3v) is 10.4. The van der Waals surface area contributed by atoms with Gasteiger partial charge in [0.05, 0.1) is 23.8 Å². The second kappa shape index (κ2) is 19.1. The molecule has 8 rings (SSSR count). The van der Waals surface area contributed by atoms with Crippen LogP contribution in [0.5, 0.6) is 11.5 Å². The number of hydrogen-bond acceptors (Lipinski definition) is 10. The number of benzene rings is 6. The number of nitrogens with one attached hydrogen (secondary N) is 2. The van der Waals surface area contributed by atoms with Crippen molar-refractivity contribution in [2.45, 2.75) is 0 Å². The summed E-state index contributed by atoms with van der Waals surface area (Å²) in [6.07, 6.45) is 7.40. The van der Waals surface area contributed by atoms with Gasteiger partial charge in [0.15, 0.2) is 0 Å². The smallest absolute Gasteiger partial charge is 0.203 e. The average Bonchev–Trinajstić information content (AvgIpc) is 3.97. The zero-order valence-corrected chi connectivity index (χ0v) is 32.9. The Bertz CT molecular complexity index is 2400. The first kappa shape index (κ1) is 37.8. The first-order chi connectivity index (χ1) is 28.7. The number of ether oxygens (including phenoxy) is 2.